The van der Waals surface area contributed by atoms with Gasteiger partial charge in [0.15, 0.2) is 5.79 Å². The SMILES string of the molecule is CC(C)[C@H]1OC(C)(C)O[C@@H]1c1ccc(Cl)cc1. The Kier molecular flexibility index (Phi) is 3.48. The van der Waals surface area contributed by atoms with E-state index in [9.17, 15) is 0 Å². The molecule has 2 atom stereocenters. The second-order valence-corrected chi connectivity index (χ2v) is 5.75. The summed E-state index contributed by atoms with van der Waals surface area (Å²) in [4.78, 5) is 0. The molecule has 1 aliphatic rings. The van der Waals surface area contributed by atoms with Gasteiger partial charge in [-0.25, -0.2) is 0 Å². The first-order chi connectivity index (χ1) is 7.89. The third-order valence-electron chi connectivity index (χ3n) is 2.98. The van der Waals surface area contributed by atoms with Gasteiger partial charge in [-0.3, -0.25) is 0 Å². The minimum Gasteiger partial charge on any atom is -0.344 e. The van der Waals surface area contributed by atoms with E-state index in [1.54, 1.807) is 0 Å². The molecule has 1 fully saturated rings. The molecule has 0 aliphatic carbocycles. The number of rotatable bonds is 2. The van der Waals surface area contributed by atoms with Crippen LogP contribution in [0, 0.1) is 5.92 Å². The van der Waals surface area contributed by atoms with Crippen molar-refractivity contribution >= 4 is 11.6 Å². The number of benzene rings is 1. The summed E-state index contributed by atoms with van der Waals surface area (Å²) < 4.78 is 11.9. The molecule has 2 nitrogen and oxygen atoms in total. The number of ether oxygens (including phenoxy) is 2. The number of hydrogen-bond acceptors (Lipinski definition) is 2. The molecule has 1 aliphatic heterocycles. The standard InChI is InChI=1S/C14H19ClO2/c1-9(2)12-13(17-14(3,4)16-12)10-5-7-11(15)8-6-10/h5-9,12-13H,1-4H3/t12-,13-/m1/s1. The molecule has 0 saturated carbocycles. The van der Waals surface area contributed by atoms with E-state index >= 15 is 0 Å². The second kappa shape index (κ2) is 4.60. The molecule has 0 unspecified atom stereocenters. The van der Waals surface area contributed by atoms with Crippen molar-refractivity contribution in [2.75, 3.05) is 0 Å². The van der Waals surface area contributed by atoms with Crippen molar-refractivity contribution in [3.05, 3.63) is 34.9 Å². The molecule has 3 heteroatoms. The lowest BCUT2D eigenvalue weighted by molar-refractivity contribution is -0.150. The summed E-state index contributed by atoms with van der Waals surface area (Å²) in [5.41, 5.74) is 1.12. The Bertz CT molecular complexity index is 384. The molecule has 0 N–H and O–H groups in total. The van der Waals surface area contributed by atoms with Crippen LogP contribution in [-0.4, -0.2) is 11.9 Å². The van der Waals surface area contributed by atoms with Crippen LogP contribution in [0.25, 0.3) is 0 Å². The summed E-state index contributed by atoms with van der Waals surface area (Å²) in [5, 5.41) is 0.744. The van der Waals surface area contributed by atoms with Crippen LogP contribution in [0.3, 0.4) is 0 Å². The molecule has 0 amide bonds. The van der Waals surface area contributed by atoms with Gasteiger partial charge in [0.2, 0.25) is 0 Å². The molecule has 0 spiro atoms. The molecule has 1 aromatic rings. The predicted octanol–water partition coefficient (Wildman–Crippen LogP) is 4.19. The fraction of sp³-hybridized carbons (Fsp3) is 0.571. The van der Waals surface area contributed by atoms with E-state index in [0.717, 1.165) is 10.6 Å². The lowest BCUT2D eigenvalue weighted by Gasteiger charge is -2.20. The zero-order chi connectivity index (χ0) is 12.6. The largest absolute Gasteiger partial charge is 0.344 e. The van der Waals surface area contributed by atoms with E-state index < -0.39 is 5.79 Å². The van der Waals surface area contributed by atoms with Gasteiger partial charge in [0.25, 0.3) is 0 Å². The quantitative estimate of drug-likeness (QED) is 0.788. The van der Waals surface area contributed by atoms with Crippen molar-refractivity contribution in [1.82, 2.24) is 0 Å². The Hall–Kier alpha value is -0.570. The van der Waals surface area contributed by atoms with E-state index in [2.05, 4.69) is 13.8 Å². The lowest BCUT2D eigenvalue weighted by Crippen LogP contribution is -2.24. The normalized spacial score (nSPS) is 27.6. The summed E-state index contributed by atoms with van der Waals surface area (Å²) in [6.07, 6.45) is 0.0773. The van der Waals surface area contributed by atoms with E-state index in [1.807, 2.05) is 38.1 Å². The van der Waals surface area contributed by atoms with E-state index in [0.29, 0.717) is 5.92 Å². The van der Waals surface area contributed by atoms with Crippen molar-refractivity contribution in [1.29, 1.82) is 0 Å². The highest BCUT2D eigenvalue weighted by Crippen LogP contribution is 2.41. The van der Waals surface area contributed by atoms with E-state index in [-0.39, 0.29) is 12.2 Å². The summed E-state index contributed by atoms with van der Waals surface area (Å²) in [5.74, 6) is -0.100. The zero-order valence-corrected chi connectivity index (χ0v) is 11.5. The van der Waals surface area contributed by atoms with Gasteiger partial charge in [-0.2, -0.15) is 0 Å². The molecular formula is C14H19ClO2. The highest BCUT2D eigenvalue weighted by Gasteiger charge is 2.43. The lowest BCUT2D eigenvalue weighted by atomic mass is 9.96. The summed E-state index contributed by atoms with van der Waals surface area (Å²) in [6, 6.07) is 7.80. The van der Waals surface area contributed by atoms with Gasteiger partial charge in [-0.05, 0) is 37.5 Å². The predicted molar refractivity (Wildman–Crippen MR) is 69.1 cm³/mol. The first-order valence-corrected chi connectivity index (χ1v) is 6.38. The van der Waals surface area contributed by atoms with Gasteiger partial charge in [0, 0.05) is 5.02 Å². The van der Waals surface area contributed by atoms with Crippen LogP contribution in [0.15, 0.2) is 24.3 Å². The highest BCUT2D eigenvalue weighted by molar-refractivity contribution is 6.30. The van der Waals surface area contributed by atoms with Gasteiger partial charge in [-0.15, -0.1) is 0 Å². The van der Waals surface area contributed by atoms with Crippen molar-refractivity contribution < 1.29 is 9.47 Å². The van der Waals surface area contributed by atoms with Crippen molar-refractivity contribution in [3.8, 4) is 0 Å². The Balaban J connectivity index is 2.27. The zero-order valence-electron chi connectivity index (χ0n) is 10.7. The molecule has 17 heavy (non-hydrogen) atoms. The minimum absolute atomic E-state index is 0.0118. The van der Waals surface area contributed by atoms with Gasteiger partial charge < -0.3 is 9.47 Å². The molecular weight excluding hydrogens is 236 g/mol. The van der Waals surface area contributed by atoms with Crippen LogP contribution in [0.4, 0.5) is 0 Å². The van der Waals surface area contributed by atoms with E-state index in [4.69, 9.17) is 21.1 Å². The molecule has 1 aromatic carbocycles. The van der Waals surface area contributed by atoms with Crippen LogP contribution in [0.5, 0.6) is 0 Å². The third-order valence-corrected chi connectivity index (χ3v) is 3.24. The van der Waals surface area contributed by atoms with Crippen molar-refractivity contribution in [2.45, 2.75) is 45.7 Å². The Morgan fingerprint density at radius 3 is 2.24 bits per heavy atom. The van der Waals surface area contributed by atoms with Crippen LogP contribution >= 0.6 is 11.6 Å². The smallest absolute Gasteiger partial charge is 0.164 e. The molecule has 1 heterocycles. The number of halogens is 1. The molecule has 0 radical (unpaired) electrons. The summed E-state index contributed by atoms with van der Waals surface area (Å²) in [7, 11) is 0. The van der Waals surface area contributed by atoms with Gasteiger partial charge in [0.05, 0.1) is 6.10 Å². The highest BCUT2D eigenvalue weighted by atomic mass is 35.5. The topological polar surface area (TPSA) is 18.5 Å². The Morgan fingerprint density at radius 1 is 1.12 bits per heavy atom. The van der Waals surface area contributed by atoms with Gasteiger partial charge in [-0.1, -0.05) is 37.6 Å². The second-order valence-electron chi connectivity index (χ2n) is 5.32. The maximum Gasteiger partial charge on any atom is 0.164 e. The van der Waals surface area contributed by atoms with Crippen molar-refractivity contribution in [2.24, 2.45) is 5.92 Å². The molecule has 2 rings (SSSR count). The minimum atomic E-state index is -0.515. The monoisotopic (exact) mass is 254 g/mol. The van der Waals surface area contributed by atoms with Crippen LogP contribution in [0.2, 0.25) is 5.02 Å². The fourth-order valence-corrected chi connectivity index (χ4v) is 2.31. The molecule has 0 bridgehead atoms. The number of hydrogen-bond donors (Lipinski definition) is 0. The molecule has 94 valence electrons. The van der Waals surface area contributed by atoms with Gasteiger partial charge >= 0.3 is 0 Å². The fourth-order valence-electron chi connectivity index (χ4n) is 2.19. The average Bonchev–Trinajstić information content (AvgIpc) is 2.56. The third kappa shape index (κ3) is 2.82. The van der Waals surface area contributed by atoms with E-state index in [1.165, 1.54) is 0 Å². The summed E-state index contributed by atoms with van der Waals surface area (Å²) >= 11 is 5.90. The van der Waals surface area contributed by atoms with Gasteiger partial charge in [0.1, 0.15) is 6.10 Å². The molecule has 0 aromatic heterocycles. The Morgan fingerprint density at radius 2 is 1.71 bits per heavy atom. The van der Waals surface area contributed by atoms with Crippen LogP contribution < -0.4 is 0 Å². The van der Waals surface area contributed by atoms with Crippen LogP contribution in [0.1, 0.15) is 39.4 Å². The van der Waals surface area contributed by atoms with Crippen LogP contribution in [-0.2, 0) is 9.47 Å². The maximum absolute atomic E-state index is 5.98. The summed E-state index contributed by atoms with van der Waals surface area (Å²) in [6.45, 7) is 8.22. The maximum atomic E-state index is 5.98. The Labute approximate surface area is 108 Å². The first-order valence-electron chi connectivity index (χ1n) is 6.00. The van der Waals surface area contributed by atoms with Crippen molar-refractivity contribution in [3.63, 3.8) is 0 Å². The average molecular weight is 255 g/mol. The molecule has 1 saturated heterocycles. The first kappa shape index (κ1) is 12.9.